The first kappa shape index (κ1) is 14.1. The molecule has 1 aromatic carbocycles. The number of carbonyl (C=O) groups excluding carboxylic acids is 1. The third kappa shape index (κ3) is 3.80. The number of aliphatic hydroxyl groups excluding tert-OH is 1. The molecular weight excluding hydrogens is 238 g/mol. The molecule has 0 saturated heterocycles. The van der Waals surface area contributed by atoms with Gasteiger partial charge in [0.05, 0.1) is 12.6 Å². The molecule has 19 heavy (non-hydrogen) atoms. The standard InChI is InChI=1S/C16H23NO2/c1-12-7-9-14(10-8-12)16(19)17-15(11-18)13-5-3-2-4-6-13/h2-6,12,14-15,18H,7-11H2,1H3,(H,17,19)/t12?,14?,15-/m0/s1. The summed E-state index contributed by atoms with van der Waals surface area (Å²) in [5.41, 5.74) is 0.961. The molecule has 1 fully saturated rings. The van der Waals surface area contributed by atoms with Crippen molar-refractivity contribution in [2.24, 2.45) is 11.8 Å². The molecular formula is C16H23NO2. The number of carbonyl (C=O) groups is 1. The molecule has 0 aromatic heterocycles. The van der Waals surface area contributed by atoms with Gasteiger partial charge in [-0.25, -0.2) is 0 Å². The lowest BCUT2D eigenvalue weighted by Crippen LogP contribution is -2.37. The molecule has 0 unspecified atom stereocenters. The number of hydrogen-bond donors (Lipinski definition) is 2. The first-order chi connectivity index (χ1) is 9.20. The highest BCUT2D eigenvalue weighted by atomic mass is 16.3. The number of amides is 1. The first-order valence-electron chi connectivity index (χ1n) is 7.17. The lowest BCUT2D eigenvalue weighted by Gasteiger charge is -2.27. The maximum Gasteiger partial charge on any atom is 0.223 e. The maximum absolute atomic E-state index is 12.2. The Morgan fingerprint density at radius 3 is 2.47 bits per heavy atom. The van der Waals surface area contributed by atoms with Crippen molar-refractivity contribution in [2.75, 3.05) is 6.61 Å². The highest BCUT2D eigenvalue weighted by molar-refractivity contribution is 5.79. The van der Waals surface area contributed by atoms with Gasteiger partial charge < -0.3 is 10.4 Å². The fourth-order valence-corrected chi connectivity index (χ4v) is 2.73. The van der Waals surface area contributed by atoms with Crippen LogP contribution in [-0.4, -0.2) is 17.6 Å². The van der Waals surface area contributed by atoms with Crippen LogP contribution in [-0.2, 0) is 4.79 Å². The monoisotopic (exact) mass is 261 g/mol. The van der Waals surface area contributed by atoms with Crippen molar-refractivity contribution in [3.63, 3.8) is 0 Å². The molecule has 0 radical (unpaired) electrons. The lowest BCUT2D eigenvalue weighted by molar-refractivity contribution is -0.127. The topological polar surface area (TPSA) is 49.3 Å². The highest BCUT2D eigenvalue weighted by Crippen LogP contribution is 2.28. The van der Waals surface area contributed by atoms with Crippen LogP contribution in [0.5, 0.6) is 0 Å². The van der Waals surface area contributed by atoms with Gasteiger partial charge in [0.1, 0.15) is 0 Å². The van der Waals surface area contributed by atoms with E-state index >= 15 is 0 Å². The lowest BCUT2D eigenvalue weighted by atomic mass is 9.82. The minimum Gasteiger partial charge on any atom is -0.394 e. The van der Waals surface area contributed by atoms with E-state index in [1.54, 1.807) is 0 Å². The number of aliphatic hydroxyl groups is 1. The Morgan fingerprint density at radius 2 is 1.89 bits per heavy atom. The van der Waals surface area contributed by atoms with Gasteiger partial charge in [0.25, 0.3) is 0 Å². The van der Waals surface area contributed by atoms with Gasteiger partial charge in [-0.1, -0.05) is 37.3 Å². The number of hydrogen-bond acceptors (Lipinski definition) is 2. The van der Waals surface area contributed by atoms with E-state index in [-0.39, 0.29) is 24.5 Å². The quantitative estimate of drug-likeness (QED) is 0.875. The van der Waals surface area contributed by atoms with Crippen molar-refractivity contribution >= 4 is 5.91 Å². The molecule has 1 amide bonds. The molecule has 1 saturated carbocycles. The molecule has 1 aliphatic carbocycles. The summed E-state index contributed by atoms with van der Waals surface area (Å²) in [5.74, 6) is 0.954. The second-order valence-electron chi connectivity index (χ2n) is 5.61. The number of benzene rings is 1. The Balaban J connectivity index is 1.93. The van der Waals surface area contributed by atoms with Crippen LogP contribution in [0.15, 0.2) is 30.3 Å². The maximum atomic E-state index is 12.2. The molecule has 1 atom stereocenters. The van der Waals surface area contributed by atoms with Gasteiger partial charge in [0.15, 0.2) is 0 Å². The summed E-state index contributed by atoms with van der Waals surface area (Å²) >= 11 is 0. The van der Waals surface area contributed by atoms with Crippen LogP contribution >= 0.6 is 0 Å². The summed E-state index contributed by atoms with van der Waals surface area (Å²) in [5, 5.41) is 12.4. The smallest absolute Gasteiger partial charge is 0.223 e. The van der Waals surface area contributed by atoms with Crippen LogP contribution in [0.4, 0.5) is 0 Å². The predicted octanol–water partition coefficient (Wildman–Crippen LogP) is 2.66. The van der Waals surface area contributed by atoms with Crippen molar-refractivity contribution in [1.29, 1.82) is 0 Å². The Hall–Kier alpha value is -1.35. The van der Waals surface area contributed by atoms with Gasteiger partial charge in [0.2, 0.25) is 5.91 Å². The molecule has 0 heterocycles. The zero-order chi connectivity index (χ0) is 13.7. The van der Waals surface area contributed by atoms with Gasteiger partial charge >= 0.3 is 0 Å². The molecule has 3 heteroatoms. The summed E-state index contributed by atoms with van der Waals surface area (Å²) in [6, 6.07) is 9.36. The summed E-state index contributed by atoms with van der Waals surface area (Å²) < 4.78 is 0. The number of rotatable bonds is 4. The third-order valence-corrected chi connectivity index (χ3v) is 4.09. The van der Waals surface area contributed by atoms with Crippen molar-refractivity contribution in [2.45, 2.75) is 38.6 Å². The van der Waals surface area contributed by atoms with E-state index in [0.29, 0.717) is 0 Å². The molecule has 1 aromatic rings. The van der Waals surface area contributed by atoms with Crippen molar-refractivity contribution in [1.82, 2.24) is 5.32 Å². The fourth-order valence-electron chi connectivity index (χ4n) is 2.73. The third-order valence-electron chi connectivity index (χ3n) is 4.09. The SMILES string of the molecule is CC1CCC(C(=O)N[C@@H](CO)c2ccccc2)CC1. The van der Waals surface area contributed by atoms with E-state index in [9.17, 15) is 9.90 Å². The molecule has 1 aliphatic rings. The van der Waals surface area contributed by atoms with Crippen LogP contribution in [0.1, 0.15) is 44.2 Å². The van der Waals surface area contributed by atoms with Crippen LogP contribution in [0, 0.1) is 11.8 Å². The zero-order valence-corrected chi connectivity index (χ0v) is 11.5. The fraction of sp³-hybridized carbons (Fsp3) is 0.562. The summed E-state index contributed by atoms with van der Waals surface area (Å²) in [7, 11) is 0. The van der Waals surface area contributed by atoms with Crippen molar-refractivity contribution in [3.8, 4) is 0 Å². The van der Waals surface area contributed by atoms with E-state index in [1.807, 2.05) is 30.3 Å². The Labute approximate surface area is 115 Å². The average Bonchev–Trinajstić information content (AvgIpc) is 2.46. The molecule has 2 rings (SSSR count). The minimum absolute atomic E-state index is 0.0567. The Kier molecular flexibility index (Phi) is 4.97. The average molecular weight is 261 g/mol. The molecule has 104 valence electrons. The first-order valence-corrected chi connectivity index (χ1v) is 7.17. The summed E-state index contributed by atoms with van der Waals surface area (Å²) in [6.07, 6.45) is 4.21. The van der Waals surface area contributed by atoms with Crippen molar-refractivity contribution < 1.29 is 9.90 Å². The Morgan fingerprint density at radius 1 is 1.26 bits per heavy atom. The van der Waals surface area contributed by atoms with Crippen LogP contribution < -0.4 is 5.32 Å². The van der Waals surface area contributed by atoms with Gasteiger partial charge in [-0.3, -0.25) is 4.79 Å². The zero-order valence-electron chi connectivity index (χ0n) is 11.5. The predicted molar refractivity (Wildman–Crippen MR) is 75.5 cm³/mol. The summed E-state index contributed by atoms with van der Waals surface area (Å²) in [6.45, 7) is 2.19. The molecule has 0 aliphatic heterocycles. The van der Waals surface area contributed by atoms with E-state index in [2.05, 4.69) is 12.2 Å². The second kappa shape index (κ2) is 6.71. The van der Waals surface area contributed by atoms with Crippen LogP contribution in [0.25, 0.3) is 0 Å². The molecule has 0 spiro atoms. The van der Waals surface area contributed by atoms with Gasteiger partial charge in [-0.15, -0.1) is 0 Å². The molecule has 2 N–H and O–H groups in total. The van der Waals surface area contributed by atoms with Crippen LogP contribution in [0.3, 0.4) is 0 Å². The van der Waals surface area contributed by atoms with Gasteiger partial charge in [0, 0.05) is 5.92 Å². The van der Waals surface area contributed by atoms with E-state index in [0.717, 1.165) is 37.2 Å². The molecule has 3 nitrogen and oxygen atoms in total. The van der Waals surface area contributed by atoms with Gasteiger partial charge in [-0.05, 0) is 37.2 Å². The van der Waals surface area contributed by atoms with E-state index in [1.165, 1.54) is 0 Å². The highest BCUT2D eigenvalue weighted by Gasteiger charge is 2.26. The second-order valence-corrected chi connectivity index (χ2v) is 5.61. The van der Waals surface area contributed by atoms with E-state index < -0.39 is 0 Å². The van der Waals surface area contributed by atoms with Gasteiger partial charge in [-0.2, -0.15) is 0 Å². The Bertz CT molecular complexity index is 396. The van der Waals surface area contributed by atoms with E-state index in [4.69, 9.17) is 0 Å². The largest absolute Gasteiger partial charge is 0.394 e. The number of nitrogens with one attached hydrogen (secondary N) is 1. The van der Waals surface area contributed by atoms with Crippen molar-refractivity contribution in [3.05, 3.63) is 35.9 Å². The normalized spacial score (nSPS) is 24.7. The molecule has 0 bridgehead atoms. The minimum atomic E-state index is -0.284. The summed E-state index contributed by atoms with van der Waals surface area (Å²) in [4.78, 5) is 12.2. The van der Waals surface area contributed by atoms with Crippen LogP contribution in [0.2, 0.25) is 0 Å².